The second-order valence-corrected chi connectivity index (χ2v) is 7.30. The maximum atomic E-state index is 12.5. The molecule has 6 heteroatoms. The van der Waals surface area contributed by atoms with E-state index in [0.717, 1.165) is 11.3 Å². The van der Waals surface area contributed by atoms with Crippen molar-refractivity contribution in [1.29, 1.82) is 0 Å². The fourth-order valence-corrected chi connectivity index (χ4v) is 2.89. The number of pyridine rings is 1. The van der Waals surface area contributed by atoms with Gasteiger partial charge in [-0.1, -0.05) is 36.4 Å². The number of hydrogen-bond donors (Lipinski definition) is 2. The fraction of sp³-hybridized carbons (Fsp3) is 0.208. The Kier molecular flexibility index (Phi) is 6.80. The highest BCUT2D eigenvalue weighted by atomic mass is 16.2. The molecule has 0 saturated heterocycles. The molecule has 0 unspecified atom stereocenters. The molecule has 3 aromatic rings. The van der Waals surface area contributed by atoms with Crippen molar-refractivity contribution in [2.24, 2.45) is 0 Å². The van der Waals surface area contributed by atoms with Gasteiger partial charge in [0.25, 0.3) is 5.91 Å². The van der Waals surface area contributed by atoms with Crippen molar-refractivity contribution in [2.45, 2.75) is 19.9 Å². The van der Waals surface area contributed by atoms with Crippen molar-refractivity contribution in [3.8, 4) is 0 Å². The molecule has 0 fully saturated rings. The van der Waals surface area contributed by atoms with Gasteiger partial charge in [0.1, 0.15) is 5.82 Å². The third kappa shape index (κ3) is 5.67. The zero-order chi connectivity index (χ0) is 21.5. The summed E-state index contributed by atoms with van der Waals surface area (Å²) in [6.45, 7) is 2.74. The van der Waals surface area contributed by atoms with Gasteiger partial charge >= 0.3 is 0 Å². The van der Waals surface area contributed by atoms with Crippen LogP contribution in [0.25, 0.3) is 0 Å². The van der Waals surface area contributed by atoms with E-state index in [9.17, 15) is 9.59 Å². The number of carbonyl (C=O) groups is 2. The molecule has 0 saturated carbocycles. The van der Waals surface area contributed by atoms with E-state index < -0.39 is 0 Å². The van der Waals surface area contributed by atoms with Gasteiger partial charge in [-0.05, 0) is 48.4 Å². The minimum atomic E-state index is -0.239. The molecule has 6 nitrogen and oxygen atoms in total. The average molecular weight is 402 g/mol. The summed E-state index contributed by atoms with van der Waals surface area (Å²) >= 11 is 0. The second kappa shape index (κ2) is 9.69. The lowest BCUT2D eigenvalue weighted by Crippen LogP contribution is -2.24. The molecule has 0 spiro atoms. The van der Waals surface area contributed by atoms with Crippen LogP contribution in [0.15, 0.2) is 66.7 Å². The quantitative estimate of drug-likeness (QED) is 0.629. The number of rotatable bonds is 7. The maximum Gasteiger partial charge on any atom is 0.256 e. The summed E-state index contributed by atoms with van der Waals surface area (Å²) in [4.78, 5) is 30.3. The number of para-hydroxylation sites is 1. The molecular weight excluding hydrogens is 376 g/mol. The highest BCUT2D eigenvalue weighted by Gasteiger charge is 2.10. The molecule has 2 aromatic carbocycles. The maximum absolute atomic E-state index is 12.5. The predicted octanol–water partition coefficient (Wildman–Crippen LogP) is 3.89. The first kappa shape index (κ1) is 21.0. The lowest BCUT2D eigenvalue weighted by Gasteiger charge is -2.11. The third-order valence-corrected chi connectivity index (χ3v) is 4.72. The van der Waals surface area contributed by atoms with Crippen molar-refractivity contribution in [1.82, 2.24) is 9.88 Å². The summed E-state index contributed by atoms with van der Waals surface area (Å²) in [6, 6.07) is 20.8. The van der Waals surface area contributed by atoms with Crippen LogP contribution in [0.3, 0.4) is 0 Å². The van der Waals surface area contributed by atoms with E-state index in [2.05, 4.69) is 28.6 Å². The predicted molar refractivity (Wildman–Crippen MR) is 120 cm³/mol. The Morgan fingerprint density at radius 1 is 0.933 bits per heavy atom. The normalized spacial score (nSPS) is 10.4. The zero-order valence-corrected chi connectivity index (χ0v) is 17.5. The van der Waals surface area contributed by atoms with Crippen molar-refractivity contribution < 1.29 is 9.59 Å². The van der Waals surface area contributed by atoms with Crippen LogP contribution in [0.4, 0.5) is 11.5 Å². The molecule has 0 radical (unpaired) electrons. The van der Waals surface area contributed by atoms with Gasteiger partial charge in [0.2, 0.25) is 5.91 Å². The van der Waals surface area contributed by atoms with Gasteiger partial charge in [0.15, 0.2) is 0 Å². The number of nitrogens with one attached hydrogen (secondary N) is 2. The standard InChI is InChI=1S/C24H26N4O2/c1-17-7-4-5-9-21(17)25-16-18-11-13-19(14-12-18)24(30)27-22-10-6-8-20(26-22)15-23(29)28(2)3/h4-14,25H,15-16H2,1-3H3,(H,26,27,30). The lowest BCUT2D eigenvalue weighted by molar-refractivity contribution is -0.128. The minimum Gasteiger partial charge on any atom is -0.381 e. The van der Waals surface area contributed by atoms with E-state index in [1.54, 1.807) is 44.4 Å². The summed E-state index contributed by atoms with van der Waals surface area (Å²) in [5, 5.41) is 6.20. The van der Waals surface area contributed by atoms with Crippen molar-refractivity contribution in [3.05, 3.63) is 89.1 Å². The molecule has 0 aliphatic rings. The monoisotopic (exact) mass is 402 g/mol. The van der Waals surface area contributed by atoms with Gasteiger partial charge in [0.05, 0.1) is 12.1 Å². The van der Waals surface area contributed by atoms with E-state index in [4.69, 9.17) is 0 Å². The number of amides is 2. The Balaban J connectivity index is 1.59. The molecule has 1 aromatic heterocycles. The summed E-state index contributed by atoms with van der Waals surface area (Å²) in [5.74, 6) is 0.146. The minimum absolute atomic E-state index is 0.0409. The number of aryl methyl sites for hydroxylation is 1. The van der Waals surface area contributed by atoms with Crippen LogP contribution in [-0.2, 0) is 17.8 Å². The van der Waals surface area contributed by atoms with Crippen LogP contribution >= 0.6 is 0 Å². The van der Waals surface area contributed by atoms with Crippen LogP contribution in [-0.4, -0.2) is 35.8 Å². The van der Waals surface area contributed by atoms with Gasteiger partial charge in [0, 0.05) is 31.9 Å². The number of likely N-dealkylation sites (N-methyl/N-ethyl adjacent to an activating group) is 1. The number of carbonyl (C=O) groups excluding carboxylic acids is 2. The van der Waals surface area contributed by atoms with Crippen molar-refractivity contribution >= 4 is 23.3 Å². The van der Waals surface area contributed by atoms with E-state index >= 15 is 0 Å². The van der Waals surface area contributed by atoms with Gasteiger partial charge in [-0.3, -0.25) is 9.59 Å². The Morgan fingerprint density at radius 3 is 2.37 bits per heavy atom. The van der Waals surface area contributed by atoms with E-state index in [0.29, 0.717) is 23.6 Å². The molecule has 3 rings (SSSR count). The Hall–Kier alpha value is -3.67. The topological polar surface area (TPSA) is 74.3 Å². The molecule has 0 aliphatic carbocycles. The van der Waals surface area contributed by atoms with Gasteiger partial charge in [-0.15, -0.1) is 0 Å². The van der Waals surface area contributed by atoms with Crippen LogP contribution in [0.2, 0.25) is 0 Å². The Bertz CT molecular complexity index is 1030. The Labute approximate surface area is 177 Å². The Morgan fingerprint density at radius 2 is 1.67 bits per heavy atom. The van der Waals surface area contributed by atoms with Crippen LogP contribution < -0.4 is 10.6 Å². The van der Waals surface area contributed by atoms with Crippen LogP contribution in [0.1, 0.15) is 27.2 Å². The molecule has 154 valence electrons. The first-order valence-electron chi connectivity index (χ1n) is 9.78. The molecule has 2 amide bonds. The second-order valence-electron chi connectivity index (χ2n) is 7.30. The van der Waals surface area contributed by atoms with Crippen molar-refractivity contribution in [2.75, 3.05) is 24.7 Å². The molecule has 1 heterocycles. The zero-order valence-electron chi connectivity index (χ0n) is 17.5. The molecule has 0 aliphatic heterocycles. The molecular formula is C24H26N4O2. The number of nitrogens with zero attached hydrogens (tertiary/aromatic N) is 2. The summed E-state index contributed by atoms with van der Waals surface area (Å²) in [5.41, 5.74) is 4.53. The van der Waals surface area contributed by atoms with Gasteiger partial charge in [-0.2, -0.15) is 0 Å². The van der Waals surface area contributed by atoms with E-state index in [-0.39, 0.29) is 18.2 Å². The highest BCUT2D eigenvalue weighted by molar-refractivity contribution is 6.03. The first-order valence-corrected chi connectivity index (χ1v) is 9.78. The van der Waals surface area contributed by atoms with Crippen LogP contribution in [0.5, 0.6) is 0 Å². The smallest absolute Gasteiger partial charge is 0.256 e. The van der Waals surface area contributed by atoms with Gasteiger partial charge < -0.3 is 15.5 Å². The third-order valence-electron chi connectivity index (χ3n) is 4.72. The molecule has 2 N–H and O–H groups in total. The SMILES string of the molecule is Cc1ccccc1NCc1ccc(C(=O)Nc2cccc(CC(=O)N(C)C)n2)cc1. The fourth-order valence-electron chi connectivity index (χ4n) is 2.89. The van der Waals surface area contributed by atoms with E-state index in [1.165, 1.54) is 10.5 Å². The van der Waals surface area contributed by atoms with Crippen molar-refractivity contribution in [3.63, 3.8) is 0 Å². The highest BCUT2D eigenvalue weighted by Crippen LogP contribution is 2.15. The van der Waals surface area contributed by atoms with Crippen LogP contribution in [0, 0.1) is 6.92 Å². The largest absolute Gasteiger partial charge is 0.381 e. The summed E-state index contributed by atoms with van der Waals surface area (Å²) in [7, 11) is 3.41. The molecule has 0 bridgehead atoms. The molecule has 30 heavy (non-hydrogen) atoms. The number of benzene rings is 2. The lowest BCUT2D eigenvalue weighted by atomic mass is 10.1. The average Bonchev–Trinajstić information content (AvgIpc) is 2.73. The summed E-state index contributed by atoms with van der Waals surface area (Å²) in [6.07, 6.45) is 0.194. The number of aromatic nitrogens is 1. The first-order chi connectivity index (χ1) is 14.4. The summed E-state index contributed by atoms with van der Waals surface area (Å²) < 4.78 is 0. The number of hydrogen-bond acceptors (Lipinski definition) is 4. The number of anilines is 2. The molecule has 0 atom stereocenters. The van der Waals surface area contributed by atoms with E-state index in [1.807, 2.05) is 30.3 Å². The van der Waals surface area contributed by atoms with Gasteiger partial charge in [-0.25, -0.2) is 4.98 Å².